The Morgan fingerprint density at radius 1 is 1.28 bits per heavy atom. The molecule has 0 fully saturated rings. The Morgan fingerprint density at radius 2 is 2.11 bits per heavy atom. The lowest BCUT2D eigenvalue weighted by atomic mass is 10.3. The number of hydrogen-bond donors (Lipinski definition) is 0. The fraction of sp³-hybridized carbons (Fsp3) is 0.167. The van der Waals surface area contributed by atoms with Crippen LogP contribution in [-0.4, -0.2) is 23.3 Å². The Morgan fingerprint density at radius 3 is 2.78 bits per heavy atom. The van der Waals surface area contributed by atoms with Crippen LogP contribution in [0.15, 0.2) is 35.6 Å². The monoisotopic (exact) mass is 282 g/mol. The number of benzene rings is 1. The molecule has 18 heavy (non-hydrogen) atoms. The zero-order chi connectivity index (χ0) is 13.0. The number of halogens is 1. The van der Waals surface area contributed by atoms with Crippen LogP contribution in [0.2, 0.25) is 5.02 Å². The minimum Gasteiger partial charge on any atom is -0.497 e. The smallest absolute Gasteiger partial charge is 0.223 e. The highest BCUT2D eigenvalue weighted by atomic mass is 35.5. The average molecular weight is 283 g/mol. The quantitative estimate of drug-likeness (QED) is 0.632. The van der Waals surface area contributed by atoms with Crippen molar-refractivity contribution in [3.05, 3.63) is 35.5 Å². The van der Waals surface area contributed by atoms with Crippen LogP contribution < -0.4 is 9.47 Å². The predicted molar refractivity (Wildman–Crippen MR) is 71.9 cm³/mol. The molecule has 0 aliphatic heterocycles. The van der Waals surface area contributed by atoms with Crippen molar-refractivity contribution in [1.82, 2.24) is 9.97 Å². The molecular formula is C12H11ClN2O2S. The van der Waals surface area contributed by atoms with Crippen LogP contribution in [0.3, 0.4) is 0 Å². The summed E-state index contributed by atoms with van der Waals surface area (Å²) < 4.78 is 10.7. The normalized spacial score (nSPS) is 10.2. The van der Waals surface area contributed by atoms with Crippen LogP contribution in [0.5, 0.6) is 17.4 Å². The fourth-order valence-electron chi connectivity index (χ4n) is 1.28. The second kappa shape index (κ2) is 5.93. The van der Waals surface area contributed by atoms with E-state index >= 15 is 0 Å². The van der Waals surface area contributed by atoms with Crippen molar-refractivity contribution in [2.75, 3.05) is 13.4 Å². The van der Waals surface area contributed by atoms with Gasteiger partial charge in [0.25, 0.3) is 0 Å². The van der Waals surface area contributed by atoms with Gasteiger partial charge in [0.1, 0.15) is 11.5 Å². The minimum absolute atomic E-state index is 0.460. The lowest BCUT2D eigenvalue weighted by Crippen LogP contribution is -1.92. The molecule has 1 aromatic carbocycles. The van der Waals surface area contributed by atoms with Gasteiger partial charge in [-0.2, -0.15) is 4.98 Å². The van der Waals surface area contributed by atoms with Gasteiger partial charge in [-0.1, -0.05) is 23.4 Å². The Hall–Kier alpha value is -1.46. The molecule has 0 spiro atoms. The molecule has 0 amide bonds. The van der Waals surface area contributed by atoms with E-state index in [-0.39, 0.29) is 0 Å². The van der Waals surface area contributed by atoms with Crippen LogP contribution in [0, 0.1) is 0 Å². The van der Waals surface area contributed by atoms with Gasteiger partial charge in [0, 0.05) is 18.3 Å². The molecule has 2 aromatic rings. The summed E-state index contributed by atoms with van der Waals surface area (Å²) in [5.41, 5.74) is 0. The zero-order valence-corrected chi connectivity index (χ0v) is 11.5. The van der Waals surface area contributed by atoms with E-state index in [2.05, 4.69) is 9.97 Å². The van der Waals surface area contributed by atoms with Gasteiger partial charge in [0.05, 0.1) is 12.1 Å². The maximum atomic E-state index is 6.08. The van der Waals surface area contributed by atoms with Gasteiger partial charge in [-0.15, -0.1) is 0 Å². The third-order valence-corrected chi connectivity index (χ3v) is 3.00. The highest BCUT2D eigenvalue weighted by molar-refractivity contribution is 7.98. The van der Waals surface area contributed by atoms with Crippen molar-refractivity contribution < 1.29 is 9.47 Å². The van der Waals surface area contributed by atoms with E-state index in [4.69, 9.17) is 21.1 Å². The van der Waals surface area contributed by atoms with Gasteiger partial charge >= 0.3 is 0 Å². The fourth-order valence-corrected chi connectivity index (χ4v) is 1.84. The van der Waals surface area contributed by atoms with E-state index in [1.54, 1.807) is 37.6 Å². The van der Waals surface area contributed by atoms with Crippen LogP contribution >= 0.6 is 23.4 Å². The van der Waals surface area contributed by atoms with E-state index in [0.29, 0.717) is 27.6 Å². The maximum absolute atomic E-state index is 6.08. The van der Waals surface area contributed by atoms with E-state index in [1.165, 1.54) is 11.8 Å². The maximum Gasteiger partial charge on any atom is 0.223 e. The molecule has 2 rings (SSSR count). The van der Waals surface area contributed by atoms with Gasteiger partial charge in [0.2, 0.25) is 5.88 Å². The van der Waals surface area contributed by atoms with Crippen LogP contribution in [0.4, 0.5) is 0 Å². The summed E-state index contributed by atoms with van der Waals surface area (Å²) in [6, 6.07) is 6.88. The van der Waals surface area contributed by atoms with Crippen LogP contribution in [0.25, 0.3) is 0 Å². The number of aromatic nitrogens is 2. The SMILES string of the molecule is COc1ccc(Oc2ccnc(SC)n2)c(Cl)c1. The Kier molecular flexibility index (Phi) is 4.28. The molecule has 0 bridgehead atoms. The molecule has 6 heteroatoms. The number of methoxy groups -OCH3 is 1. The van der Waals surface area contributed by atoms with E-state index < -0.39 is 0 Å². The van der Waals surface area contributed by atoms with Crippen LogP contribution in [-0.2, 0) is 0 Å². The van der Waals surface area contributed by atoms with E-state index in [1.807, 2.05) is 6.26 Å². The predicted octanol–water partition coefficient (Wildman–Crippen LogP) is 3.65. The van der Waals surface area contributed by atoms with E-state index in [9.17, 15) is 0 Å². The largest absolute Gasteiger partial charge is 0.497 e. The summed E-state index contributed by atoms with van der Waals surface area (Å²) in [4.78, 5) is 8.28. The molecule has 4 nitrogen and oxygen atoms in total. The topological polar surface area (TPSA) is 44.2 Å². The zero-order valence-electron chi connectivity index (χ0n) is 9.88. The van der Waals surface area contributed by atoms with Crippen molar-refractivity contribution in [2.24, 2.45) is 0 Å². The minimum atomic E-state index is 0.460. The first-order valence-electron chi connectivity index (χ1n) is 5.11. The highest BCUT2D eigenvalue weighted by Gasteiger charge is 2.06. The number of rotatable bonds is 4. The molecule has 0 aliphatic carbocycles. The average Bonchev–Trinajstić information content (AvgIpc) is 2.41. The number of thioether (sulfide) groups is 1. The second-order valence-corrected chi connectivity index (χ2v) is 4.46. The lowest BCUT2D eigenvalue weighted by Gasteiger charge is -2.08. The molecular weight excluding hydrogens is 272 g/mol. The van der Waals surface area contributed by atoms with Gasteiger partial charge in [-0.3, -0.25) is 0 Å². The molecule has 0 saturated carbocycles. The first kappa shape index (κ1) is 13.0. The molecule has 1 aromatic heterocycles. The Bertz CT molecular complexity index is 551. The summed E-state index contributed by atoms with van der Waals surface area (Å²) in [6.45, 7) is 0. The van der Waals surface area contributed by atoms with E-state index in [0.717, 1.165) is 0 Å². The lowest BCUT2D eigenvalue weighted by molar-refractivity contribution is 0.412. The number of hydrogen-bond acceptors (Lipinski definition) is 5. The number of nitrogens with zero attached hydrogens (tertiary/aromatic N) is 2. The molecule has 0 atom stereocenters. The van der Waals surface area contributed by atoms with Gasteiger partial charge < -0.3 is 9.47 Å². The molecule has 1 heterocycles. The molecule has 0 radical (unpaired) electrons. The molecule has 94 valence electrons. The first-order valence-corrected chi connectivity index (χ1v) is 6.71. The summed E-state index contributed by atoms with van der Waals surface area (Å²) in [5.74, 6) is 1.67. The van der Waals surface area contributed by atoms with Crippen LogP contribution in [0.1, 0.15) is 0 Å². The van der Waals surface area contributed by atoms with Crippen molar-refractivity contribution >= 4 is 23.4 Å². The van der Waals surface area contributed by atoms with Crippen molar-refractivity contribution in [3.8, 4) is 17.4 Å². The Balaban J connectivity index is 2.22. The molecule has 0 saturated heterocycles. The van der Waals surface area contributed by atoms with Gasteiger partial charge in [-0.05, 0) is 18.4 Å². The standard InChI is InChI=1S/C12H11ClN2O2S/c1-16-8-3-4-10(9(13)7-8)17-11-5-6-14-12(15-11)18-2/h3-7H,1-2H3. The number of ether oxygens (including phenoxy) is 2. The Labute approximate surface area is 114 Å². The first-order chi connectivity index (χ1) is 8.72. The van der Waals surface area contributed by atoms with Gasteiger partial charge in [-0.25, -0.2) is 4.98 Å². The summed E-state index contributed by atoms with van der Waals surface area (Å²) in [6.07, 6.45) is 3.55. The second-order valence-electron chi connectivity index (χ2n) is 3.28. The summed E-state index contributed by atoms with van der Waals surface area (Å²) >= 11 is 7.53. The molecule has 0 aliphatic rings. The van der Waals surface area contributed by atoms with Crippen molar-refractivity contribution in [1.29, 1.82) is 0 Å². The third-order valence-electron chi connectivity index (χ3n) is 2.14. The summed E-state index contributed by atoms with van der Waals surface area (Å²) in [7, 11) is 1.58. The van der Waals surface area contributed by atoms with Crippen molar-refractivity contribution in [3.63, 3.8) is 0 Å². The highest BCUT2D eigenvalue weighted by Crippen LogP contribution is 2.31. The van der Waals surface area contributed by atoms with Crippen molar-refractivity contribution in [2.45, 2.75) is 5.16 Å². The summed E-state index contributed by atoms with van der Waals surface area (Å²) in [5, 5.41) is 1.12. The third kappa shape index (κ3) is 3.05. The van der Waals surface area contributed by atoms with Gasteiger partial charge in [0.15, 0.2) is 5.16 Å². The molecule has 0 N–H and O–H groups in total. The molecule has 0 unspecified atom stereocenters.